The summed E-state index contributed by atoms with van der Waals surface area (Å²) in [4.78, 5) is 13.0. The van der Waals surface area contributed by atoms with Crippen molar-refractivity contribution in [3.63, 3.8) is 0 Å². The summed E-state index contributed by atoms with van der Waals surface area (Å²) >= 11 is 7.65. The first-order chi connectivity index (χ1) is 13.2. The number of sulfonamides is 1. The molecule has 0 heterocycles. The Kier molecular flexibility index (Phi) is 8.82. The van der Waals surface area contributed by atoms with Crippen molar-refractivity contribution in [2.45, 2.75) is 43.5 Å². The molecule has 2 rings (SSSR count). The van der Waals surface area contributed by atoms with Crippen LogP contribution in [0.5, 0.6) is 0 Å². The highest BCUT2D eigenvalue weighted by Gasteiger charge is 2.12. The molecule has 5 nitrogen and oxygen atoms in total. The van der Waals surface area contributed by atoms with E-state index >= 15 is 0 Å². The lowest BCUT2D eigenvalue weighted by Crippen LogP contribution is -2.31. The predicted molar refractivity (Wildman–Crippen MR) is 116 cm³/mol. The van der Waals surface area contributed by atoms with E-state index < -0.39 is 10.0 Å². The number of hydrogen-bond acceptors (Lipinski definition) is 4. The number of amides is 1. The van der Waals surface area contributed by atoms with Crippen molar-refractivity contribution in [3.05, 3.63) is 64.7 Å². The minimum absolute atomic E-state index is 0.0349. The molecular weight excluding hydrogens is 416 g/mol. The van der Waals surface area contributed by atoms with E-state index in [-0.39, 0.29) is 17.7 Å². The molecule has 2 aromatic carbocycles. The van der Waals surface area contributed by atoms with Crippen molar-refractivity contribution in [1.82, 2.24) is 10.0 Å². The largest absolute Gasteiger partial charge is 0.352 e. The van der Waals surface area contributed by atoms with Gasteiger partial charge < -0.3 is 5.32 Å². The highest BCUT2D eigenvalue weighted by Crippen LogP contribution is 2.26. The van der Waals surface area contributed by atoms with Crippen LogP contribution in [0.3, 0.4) is 0 Å². The molecule has 2 aromatic rings. The van der Waals surface area contributed by atoms with Crippen LogP contribution in [0.4, 0.5) is 0 Å². The molecule has 8 heteroatoms. The zero-order valence-electron chi connectivity index (χ0n) is 15.9. The van der Waals surface area contributed by atoms with Gasteiger partial charge in [-0.05, 0) is 37.1 Å². The highest BCUT2D eigenvalue weighted by molar-refractivity contribution is 7.99. The van der Waals surface area contributed by atoms with E-state index in [1.807, 2.05) is 36.4 Å². The number of halogens is 1. The topological polar surface area (TPSA) is 75.3 Å². The third-order valence-electron chi connectivity index (χ3n) is 3.71. The summed E-state index contributed by atoms with van der Waals surface area (Å²) in [6, 6.07) is 14.6. The van der Waals surface area contributed by atoms with Gasteiger partial charge in [-0.15, -0.1) is 11.8 Å². The molecule has 0 saturated heterocycles. The second-order valence-corrected chi connectivity index (χ2v) is 9.95. The van der Waals surface area contributed by atoms with Crippen LogP contribution in [0.2, 0.25) is 5.02 Å². The Morgan fingerprint density at radius 3 is 2.36 bits per heavy atom. The van der Waals surface area contributed by atoms with E-state index in [1.165, 1.54) is 0 Å². The van der Waals surface area contributed by atoms with Crippen LogP contribution >= 0.6 is 23.4 Å². The van der Waals surface area contributed by atoms with Crippen LogP contribution < -0.4 is 10.0 Å². The van der Waals surface area contributed by atoms with Crippen LogP contribution in [0.1, 0.15) is 31.4 Å². The normalized spacial score (nSPS) is 11.6. The zero-order valence-corrected chi connectivity index (χ0v) is 18.3. The Bertz CT molecular complexity index is 885. The van der Waals surface area contributed by atoms with Crippen LogP contribution in [-0.4, -0.2) is 26.1 Å². The standard InChI is InChI=1S/C20H25ClN2O3S2/c1-15(2)23-28(25,26)14-17-9-7-16(8-10-17)13-22-20(24)11-12-27-19-6-4-3-5-18(19)21/h3-10,15,23H,11-14H2,1-2H3,(H,22,24). The van der Waals surface area contributed by atoms with Gasteiger partial charge in [0.2, 0.25) is 15.9 Å². The second-order valence-electron chi connectivity index (χ2n) is 6.65. The molecule has 0 atom stereocenters. The molecule has 152 valence electrons. The summed E-state index contributed by atoms with van der Waals surface area (Å²) in [6.07, 6.45) is 0.396. The van der Waals surface area contributed by atoms with Crippen LogP contribution in [0, 0.1) is 0 Å². The maximum absolute atomic E-state index is 12.0. The summed E-state index contributed by atoms with van der Waals surface area (Å²) < 4.78 is 26.5. The maximum Gasteiger partial charge on any atom is 0.221 e. The fourth-order valence-electron chi connectivity index (χ4n) is 2.48. The lowest BCUT2D eigenvalue weighted by atomic mass is 10.1. The fraction of sp³-hybridized carbons (Fsp3) is 0.350. The minimum atomic E-state index is -3.34. The molecule has 0 spiro atoms. The molecule has 0 bridgehead atoms. The predicted octanol–water partition coefficient (Wildman–Crippen LogP) is 3.97. The average molecular weight is 441 g/mol. The van der Waals surface area contributed by atoms with Gasteiger partial charge in [-0.1, -0.05) is 48.0 Å². The van der Waals surface area contributed by atoms with Gasteiger partial charge in [0, 0.05) is 29.7 Å². The number of carbonyl (C=O) groups excluding carboxylic acids is 1. The summed E-state index contributed by atoms with van der Waals surface area (Å²) in [5.74, 6) is 0.555. The van der Waals surface area contributed by atoms with Crippen molar-refractivity contribution in [3.8, 4) is 0 Å². The van der Waals surface area contributed by atoms with Gasteiger partial charge in [0.25, 0.3) is 0 Å². The molecule has 0 aliphatic rings. The minimum Gasteiger partial charge on any atom is -0.352 e. The van der Waals surface area contributed by atoms with Gasteiger partial charge in [-0.3, -0.25) is 4.79 Å². The van der Waals surface area contributed by atoms with E-state index in [9.17, 15) is 13.2 Å². The van der Waals surface area contributed by atoms with E-state index in [1.54, 1.807) is 37.7 Å². The fourth-order valence-corrected chi connectivity index (χ4v) is 5.10. The van der Waals surface area contributed by atoms with E-state index in [0.29, 0.717) is 29.3 Å². The number of hydrogen-bond donors (Lipinski definition) is 2. The van der Waals surface area contributed by atoms with Crippen molar-refractivity contribution >= 4 is 39.3 Å². The highest BCUT2D eigenvalue weighted by atomic mass is 35.5. The molecule has 0 aromatic heterocycles. The van der Waals surface area contributed by atoms with Crippen molar-refractivity contribution in [2.24, 2.45) is 0 Å². The molecule has 28 heavy (non-hydrogen) atoms. The quantitative estimate of drug-likeness (QED) is 0.548. The number of rotatable bonds is 10. The molecule has 2 N–H and O–H groups in total. The number of benzene rings is 2. The Labute approximate surface area is 176 Å². The van der Waals surface area contributed by atoms with Gasteiger partial charge in [0.15, 0.2) is 0 Å². The Morgan fingerprint density at radius 2 is 1.71 bits per heavy atom. The van der Waals surface area contributed by atoms with Crippen molar-refractivity contribution < 1.29 is 13.2 Å². The van der Waals surface area contributed by atoms with E-state index in [4.69, 9.17) is 11.6 Å². The molecule has 0 unspecified atom stereocenters. The third kappa shape index (κ3) is 8.22. The first-order valence-corrected chi connectivity index (χ1v) is 12.0. The smallest absolute Gasteiger partial charge is 0.221 e. The van der Waals surface area contributed by atoms with Gasteiger partial charge >= 0.3 is 0 Å². The van der Waals surface area contributed by atoms with Gasteiger partial charge in [-0.2, -0.15) is 0 Å². The maximum atomic E-state index is 12.0. The molecule has 0 fully saturated rings. The summed E-state index contributed by atoms with van der Waals surface area (Å²) in [5, 5.41) is 3.57. The first kappa shape index (κ1) is 22.7. The van der Waals surface area contributed by atoms with Crippen LogP contribution in [-0.2, 0) is 27.1 Å². The third-order valence-corrected chi connectivity index (χ3v) is 6.77. The van der Waals surface area contributed by atoms with Crippen molar-refractivity contribution in [2.75, 3.05) is 5.75 Å². The van der Waals surface area contributed by atoms with Crippen LogP contribution in [0.25, 0.3) is 0 Å². The molecule has 0 radical (unpaired) electrons. The van der Waals surface area contributed by atoms with Gasteiger partial charge in [0.1, 0.15) is 0 Å². The molecular formula is C20H25ClN2O3S2. The molecule has 0 aliphatic carbocycles. The van der Waals surface area contributed by atoms with Crippen molar-refractivity contribution in [1.29, 1.82) is 0 Å². The van der Waals surface area contributed by atoms with Gasteiger partial charge in [0.05, 0.1) is 10.8 Å². The Balaban J connectivity index is 1.75. The summed E-state index contributed by atoms with van der Waals surface area (Å²) in [5.41, 5.74) is 1.63. The molecule has 0 aliphatic heterocycles. The SMILES string of the molecule is CC(C)NS(=O)(=O)Cc1ccc(CNC(=O)CCSc2ccccc2Cl)cc1. The number of thioether (sulfide) groups is 1. The first-order valence-electron chi connectivity index (χ1n) is 8.97. The zero-order chi connectivity index (χ0) is 20.6. The van der Waals surface area contributed by atoms with E-state index in [0.717, 1.165) is 10.5 Å². The Hall–Kier alpha value is -1.54. The van der Waals surface area contributed by atoms with Gasteiger partial charge in [-0.25, -0.2) is 13.1 Å². The summed E-state index contributed by atoms with van der Waals surface area (Å²) in [7, 11) is -3.34. The van der Waals surface area contributed by atoms with Crippen LogP contribution in [0.15, 0.2) is 53.4 Å². The van der Waals surface area contributed by atoms with E-state index in [2.05, 4.69) is 10.0 Å². The lowest BCUT2D eigenvalue weighted by molar-refractivity contribution is -0.120. The molecule has 1 amide bonds. The second kappa shape index (κ2) is 10.9. The monoisotopic (exact) mass is 440 g/mol. The molecule has 0 saturated carbocycles. The number of carbonyl (C=O) groups is 1. The summed E-state index contributed by atoms with van der Waals surface area (Å²) in [6.45, 7) is 3.99. The average Bonchev–Trinajstić information content (AvgIpc) is 2.61. The number of nitrogens with one attached hydrogen (secondary N) is 2. The lowest BCUT2D eigenvalue weighted by Gasteiger charge is -2.10. The Morgan fingerprint density at radius 1 is 1.07 bits per heavy atom.